The van der Waals surface area contributed by atoms with Gasteiger partial charge in [-0.15, -0.1) is 0 Å². The van der Waals surface area contributed by atoms with Crippen molar-refractivity contribution in [2.45, 2.75) is 32.9 Å². The molecule has 1 fully saturated rings. The average Bonchev–Trinajstić information content (AvgIpc) is 2.71. The van der Waals surface area contributed by atoms with E-state index in [2.05, 4.69) is 35.1 Å². The molecular formula is C15H22BrNO3S. The second-order valence-electron chi connectivity index (χ2n) is 5.92. The molecule has 6 heteroatoms. The largest absolute Gasteiger partial charge is 0.489 e. The van der Waals surface area contributed by atoms with Crippen LogP contribution in [0.1, 0.15) is 25.8 Å². The van der Waals surface area contributed by atoms with Crippen LogP contribution in [0.25, 0.3) is 0 Å². The summed E-state index contributed by atoms with van der Waals surface area (Å²) < 4.78 is 29.9. The van der Waals surface area contributed by atoms with E-state index in [0.29, 0.717) is 18.9 Å². The van der Waals surface area contributed by atoms with Crippen molar-refractivity contribution < 1.29 is 13.2 Å². The van der Waals surface area contributed by atoms with Gasteiger partial charge in [-0.05, 0) is 37.1 Å². The van der Waals surface area contributed by atoms with Crippen LogP contribution in [-0.4, -0.2) is 32.6 Å². The first kappa shape index (κ1) is 16.8. The summed E-state index contributed by atoms with van der Waals surface area (Å²) in [7, 11) is -2.91. The fourth-order valence-corrected chi connectivity index (χ4v) is 4.33. The third kappa shape index (κ3) is 5.27. The first-order valence-electron chi connectivity index (χ1n) is 7.22. The molecule has 1 aromatic carbocycles. The van der Waals surface area contributed by atoms with E-state index in [0.717, 1.165) is 22.3 Å². The number of nitrogens with one attached hydrogen (secondary N) is 1. The Labute approximate surface area is 135 Å². The maximum atomic E-state index is 11.5. The van der Waals surface area contributed by atoms with Gasteiger partial charge in [0.2, 0.25) is 0 Å². The van der Waals surface area contributed by atoms with Crippen molar-refractivity contribution in [3.05, 3.63) is 28.2 Å². The predicted octanol–water partition coefficient (Wildman–Crippen LogP) is 2.76. The molecule has 118 valence electrons. The third-order valence-corrected chi connectivity index (χ3v) is 5.61. The highest BCUT2D eigenvalue weighted by Gasteiger charge is 2.29. The standard InChI is InChI=1S/C15H22BrNO3S/c1-11(2)8-17-9-12-7-13(16)3-4-15(12)20-14-5-6-21(18,19)10-14/h3-4,7,11,14,17H,5-6,8-10H2,1-2H3. The smallest absolute Gasteiger partial charge is 0.154 e. The summed E-state index contributed by atoms with van der Waals surface area (Å²) >= 11 is 3.47. The molecule has 0 aromatic heterocycles. The van der Waals surface area contributed by atoms with Gasteiger partial charge in [0.1, 0.15) is 11.9 Å². The Hall–Kier alpha value is -0.590. The maximum Gasteiger partial charge on any atom is 0.154 e. The van der Waals surface area contributed by atoms with E-state index in [1.807, 2.05) is 18.2 Å². The van der Waals surface area contributed by atoms with Gasteiger partial charge in [-0.25, -0.2) is 8.42 Å². The quantitative estimate of drug-likeness (QED) is 0.830. The molecule has 1 saturated heterocycles. The van der Waals surface area contributed by atoms with E-state index in [4.69, 9.17) is 4.74 Å². The van der Waals surface area contributed by atoms with E-state index in [9.17, 15) is 8.42 Å². The number of hydrogen-bond donors (Lipinski definition) is 1. The minimum Gasteiger partial charge on any atom is -0.489 e. The number of sulfone groups is 1. The Kier molecular flexibility index (Phi) is 5.68. The van der Waals surface area contributed by atoms with Crippen LogP contribution in [0, 0.1) is 5.92 Å². The molecule has 1 aliphatic rings. The maximum absolute atomic E-state index is 11.5. The molecule has 2 rings (SSSR count). The van der Waals surface area contributed by atoms with Crippen LogP contribution in [0.15, 0.2) is 22.7 Å². The summed E-state index contributed by atoms with van der Waals surface area (Å²) in [5, 5.41) is 3.39. The topological polar surface area (TPSA) is 55.4 Å². The van der Waals surface area contributed by atoms with Crippen LogP contribution in [0.3, 0.4) is 0 Å². The lowest BCUT2D eigenvalue weighted by Gasteiger charge is -2.17. The SMILES string of the molecule is CC(C)CNCc1cc(Br)ccc1OC1CCS(=O)(=O)C1. The van der Waals surface area contributed by atoms with Crippen molar-refractivity contribution >= 4 is 25.8 Å². The lowest BCUT2D eigenvalue weighted by Crippen LogP contribution is -2.22. The Balaban J connectivity index is 2.04. The lowest BCUT2D eigenvalue weighted by atomic mass is 10.1. The van der Waals surface area contributed by atoms with Gasteiger partial charge in [-0.1, -0.05) is 29.8 Å². The van der Waals surface area contributed by atoms with Gasteiger partial charge >= 0.3 is 0 Å². The van der Waals surface area contributed by atoms with E-state index in [1.165, 1.54) is 0 Å². The fraction of sp³-hybridized carbons (Fsp3) is 0.600. The number of ether oxygens (including phenoxy) is 1. The van der Waals surface area contributed by atoms with Gasteiger partial charge in [0.25, 0.3) is 0 Å². The highest BCUT2D eigenvalue weighted by atomic mass is 79.9. The molecule has 0 radical (unpaired) electrons. The molecule has 0 aliphatic carbocycles. The van der Waals surface area contributed by atoms with Crippen molar-refractivity contribution in [3.8, 4) is 5.75 Å². The van der Waals surface area contributed by atoms with Gasteiger partial charge in [0, 0.05) is 16.6 Å². The van der Waals surface area contributed by atoms with Gasteiger partial charge in [-0.2, -0.15) is 0 Å². The Bertz CT molecular complexity index is 587. The highest BCUT2D eigenvalue weighted by molar-refractivity contribution is 9.10. The fourth-order valence-electron chi connectivity index (χ4n) is 2.33. The minimum atomic E-state index is -2.91. The van der Waals surface area contributed by atoms with E-state index in [-0.39, 0.29) is 17.6 Å². The number of halogens is 1. The van der Waals surface area contributed by atoms with Crippen molar-refractivity contribution in [1.82, 2.24) is 5.32 Å². The molecule has 1 aliphatic heterocycles. The summed E-state index contributed by atoms with van der Waals surface area (Å²) in [6, 6.07) is 5.85. The number of rotatable bonds is 6. The zero-order valence-electron chi connectivity index (χ0n) is 12.4. The molecular weight excluding hydrogens is 354 g/mol. The Morgan fingerprint density at radius 2 is 2.19 bits per heavy atom. The molecule has 0 spiro atoms. The highest BCUT2D eigenvalue weighted by Crippen LogP contribution is 2.26. The zero-order chi connectivity index (χ0) is 15.5. The van der Waals surface area contributed by atoms with Crippen LogP contribution in [-0.2, 0) is 16.4 Å². The Morgan fingerprint density at radius 1 is 1.43 bits per heavy atom. The normalized spacial score (nSPS) is 20.9. The monoisotopic (exact) mass is 375 g/mol. The summed E-state index contributed by atoms with van der Waals surface area (Å²) in [6.45, 7) is 5.97. The van der Waals surface area contributed by atoms with Crippen molar-refractivity contribution in [2.75, 3.05) is 18.1 Å². The first-order chi connectivity index (χ1) is 9.85. The minimum absolute atomic E-state index is 0.127. The third-order valence-electron chi connectivity index (χ3n) is 3.37. The molecule has 21 heavy (non-hydrogen) atoms. The Morgan fingerprint density at radius 3 is 2.81 bits per heavy atom. The van der Waals surface area contributed by atoms with Crippen LogP contribution >= 0.6 is 15.9 Å². The van der Waals surface area contributed by atoms with E-state index < -0.39 is 9.84 Å². The van der Waals surface area contributed by atoms with Crippen molar-refractivity contribution in [1.29, 1.82) is 0 Å². The van der Waals surface area contributed by atoms with Gasteiger partial charge in [-0.3, -0.25) is 0 Å². The molecule has 1 unspecified atom stereocenters. The molecule has 1 aromatic rings. The van der Waals surface area contributed by atoms with Crippen LogP contribution in [0.5, 0.6) is 5.75 Å². The van der Waals surface area contributed by atoms with Crippen LogP contribution in [0.4, 0.5) is 0 Å². The predicted molar refractivity (Wildman–Crippen MR) is 88.4 cm³/mol. The van der Waals surface area contributed by atoms with Crippen molar-refractivity contribution in [3.63, 3.8) is 0 Å². The van der Waals surface area contributed by atoms with E-state index in [1.54, 1.807) is 0 Å². The molecule has 1 heterocycles. The molecule has 1 N–H and O–H groups in total. The van der Waals surface area contributed by atoms with E-state index >= 15 is 0 Å². The number of benzene rings is 1. The van der Waals surface area contributed by atoms with Gasteiger partial charge in [0.15, 0.2) is 9.84 Å². The summed E-state index contributed by atoms with van der Waals surface area (Å²) in [6.07, 6.45) is 0.358. The summed E-state index contributed by atoms with van der Waals surface area (Å²) in [5.74, 6) is 1.72. The summed E-state index contributed by atoms with van der Waals surface area (Å²) in [4.78, 5) is 0. The average molecular weight is 376 g/mol. The second kappa shape index (κ2) is 7.11. The zero-order valence-corrected chi connectivity index (χ0v) is 14.8. The van der Waals surface area contributed by atoms with Gasteiger partial charge in [0.05, 0.1) is 11.5 Å². The molecule has 0 amide bonds. The lowest BCUT2D eigenvalue weighted by molar-refractivity contribution is 0.226. The van der Waals surface area contributed by atoms with Crippen molar-refractivity contribution in [2.24, 2.45) is 5.92 Å². The van der Waals surface area contributed by atoms with Crippen LogP contribution in [0.2, 0.25) is 0 Å². The van der Waals surface area contributed by atoms with Crippen LogP contribution < -0.4 is 10.1 Å². The molecule has 0 saturated carbocycles. The molecule has 4 nitrogen and oxygen atoms in total. The molecule has 1 atom stereocenters. The second-order valence-corrected chi connectivity index (χ2v) is 9.06. The number of hydrogen-bond acceptors (Lipinski definition) is 4. The first-order valence-corrected chi connectivity index (χ1v) is 9.83. The summed E-state index contributed by atoms with van der Waals surface area (Å²) in [5.41, 5.74) is 1.05. The molecule has 0 bridgehead atoms. The van der Waals surface area contributed by atoms with Gasteiger partial charge < -0.3 is 10.1 Å².